The highest BCUT2D eigenvalue weighted by molar-refractivity contribution is 7.14. The van der Waals surface area contributed by atoms with E-state index in [1.165, 1.54) is 17.4 Å². The third kappa shape index (κ3) is 6.71. The Labute approximate surface area is 208 Å². The van der Waals surface area contributed by atoms with Crippen LogP contribution in [0, 0.1) is 0 Å². The second kappa shape index (κ2) is 11.9. The lowest BCUT2D eigenvalue weighted by atomic mass is 10.2. The zero-order valence-corrected chi connectivity index (χ0v) is 20.4. The number of hydrogen-bond acceptors (Lipinski definition) is 6. The van der Waals surface area contributed by atoms with Crippen molar-refractivity contribution in [2.45, 2.75) is 13.5 Å². The molecule has 0 unspecified atom stereocenters. The molecule has 7 heteroatoms. The van der Waals surface area contributed by atoms with Crippen LogP contribution < -0.4 is 19.5 Å². The van der Waals surface area contributed by atoms with Gasteiger partial charge in [-0.15, -0.1) is 11.3 Å². The Balaban J connectivity index is 1.35. The highest BCUT2D eigenvalue weighted by atomic mass is 32.1. The minimum absolute atomic E-state index is 0.263. The number of benzene rings is 3. The first-order valence-electron chi connectivity index (χ1n) is 11.2. The van der Waals surface area contributed by atoms with E-state index in [1.807, 2.05) is 85.1 Å². The fourth-order valence-electron chi connectivity index (χ4n) is 3.31. The number of methoxy groups -OCH3 is 1. The van der Waals surface area contributed by atoms with Crippen molar-refractivity contribution >= 4 is 28.5 Å². The molecule has 0 aliphatic rings. The van der Waals surface area contributed by atoms with E-state index in [1.54, 1.807) is 13.2 Å². The smallest absolute Gasteiger partial charge is 0.250 e. The zero-order chi connectivity index (χ0) is 24.5. The van der Waals surface area contributed by atoms with Crippen LogP contribution in [0.4, 0.5) is 5.13 Å². The maximum atomic E-state index is 12.4. The van der Waals surface area contributed by atoms with Gasteiger partial charge in [0.2, 0.25) is 5.91 Å². The van der Waals surface area contributed by atoms with Crippen molar-refractivity contribution in [3.05, 3.63) is 95.4 Å². The molecule has 0 aliphatic heterocycles. The van der Waals surface area contributed by atoms with Crippen LogP contribution in [0.2, 0.25) is 0 Å². The summed E-state index contributed by atoms with van der Waals surface area (Å²) in [4.78, 5) is 16.9. The molecule has 0 aliphatic carbocycles. The summed E-state index contributed by atoms with van der Waals surface area (Å²) in [6.45, 7) is 3.02. The van der Waals surface area contributed by atoms with Gasteiger partial charge in [-0.25, -0.2) is 4.98 Å². The molecule has 0 radical (unpaired) electrons. The van der Waals surface area contributed by atoms with Gasteiger partial charge in [0, 0.05) is 17.0 Å². The molecule has 35 heavy (non-hydrogen) atoms. The van der Waals surface area contributed by atoms with E-state index in [-0.39, 0.29) is 5.91 Å². The largest absolute Gasteiger partial charge is 0.494 e. The van der Waals surface area contributed by atoms with Crippen LogP contribution in [0.5, 0.6) is 17.2 Å². The van der Waals surface area contributed by atoms with Gasteiger partial charge in [-0.05, 0) is 60.5 Å². The minimum Gasteiger partial charge on any atom is -0.494 e. The van der Waals surface area contributed by atoms with Gasteiger partial charge in [0.05, 0.1) is 19.4 Å². The number of thiazole rings is 1. The molecule has 1 amide bonds. The summed E-state index contributed by atoms with van der Waals surface area (Å²) >= 11 is 1.38. The van der Waals surface area contributed by atoms with Crippen LogP contribution in [0.15, 0.2) is 84.3 Å². The number of rotatable bonds is 10. The Hall–Kier alpha value is -4.10. The van der Waals surface area contributed by atoms with Crippen molar-refractivity contribution in [3.8, 4) is 28.5 Å². The number of nitrogens with one attached hydrogen (secondary N) is 1. The third-order valence-corrected chi connectivity index (χ3v) is 5.81. The second-order valence-corrected chi connectivity index (χ2v) is 8.36. The summed E-state index contributed by atoms with van der Waals surface area (Å²) in [5, 5.41) is 5.26. The topological polar surface area (TPSA) is 69.7 Å². The van der Waals surface area contributed by atoms with E-state index in [2.05, 4.69) is 10.3 Å². The predicted octanol–water partition coefficient (Wildman–Crippen LogP) is 6.45. The lowest BCUT2D eigenvalue weighted by Crippen LogP contribution is -2.07. The number of anilines is 1. The van der Waals surface area contributed by atoms with Crippen molar-refractivity contribution in [1.82, 2.24) is 4.98 Å². The van der Waals surface area contributed by atoms with Gasteiger partial charge in [0.15, 0.2) is 16.6 Å². The Morgan fingerprint density at radius 3 is 2.54 bits per heavy atom. The number of carbonyl (C=O) groups excluding carboxylic acids is 1. The molecular weight excluding hydrogens is 460 g/mol. The minimum atomic E-state index is -0.263. The average Bonchev–Trinajstić information content (AvgIpc) is 3.36. The summed E-state index contributed by atoms with van der Waals surface area (Å²) in [6.07, 6.45) is 3.19. The van der Waals surface area contributed by atoms with Crippen LogP contribution in [-0.4, -0.2) is 24.6 Å². The van der Waals surface area contributed by atoms with Crippen LogP contribution in [0.25, 0.3) is 17.3 Å². The van der Waals surface area contributed by atoms with Crippen LogP contribution in [0.3, 0.4) is 0 Å². The van der Waals surface area contributed by atoms with Crippen molar-refractivity contribution in [3.63, 3.8) is 0 Å². The Morgan fingerprint density at radius 2 is 1.80 bits per heavy atom. The zero-order valence-electron chi connectivity index (χ0n) is 19.6. The van der Waals surface area contributed by atoms with Gasteiger partial charge in [-0.2, -0.15) is 0 Å². The normalized spacial score (nSPS) is 10.8. The molecule has 4 aromatic rings. The molecule has 178 valence electrons. The van der Waals surface area contributed by atoms with E-state index in [0.29, 0.717) is 29.8 Å². The molecule has 0 fully saturated rings. The quantitative estimate of drug-likeness (QED) is 0.261. The van der Waals surface area contributed by atoms with Gasteiger partial charge in [0.25, 0.3) is 0 Å². The molecule has 0 atom stereocenters. The molecule has 1 N–H and O–H groups in total. The van der Waals surface area contributed by atoms with Gasteiger partial charge >= 0.3 is 0 Å². The summed E-state index contributed by atoms with van der Waals surface area (Å²) in [7, 11) is 1.59. The molecule has 3 aromatic carbocycles. The number of ether oxygens (including phenoxy) is 3. The van der Waals surface area contributed by atoms with Gasteiger partial charge < -0.3 is 14.2 Å². The van der Waals surface area contributed by atoms with Crippen LogP contribution in [0.1, 0.15) is 18.1 Å². The number of carbonyl (C=O) groups is 1. The first kappa shape index (κ1) is 24.0. The Kier molecular flexibility index (Phi) is 8.14. The standard InChI is InChI=1S/C28H26N2O4S/c1-3-33-23-13-11-22(12-14-23)24-19-35-28(29-24)30-27(31)16-10-20-9-15-25(26(17-20)32-2)34-18-21-7-5-4-6-8-21/h4-17,19H,3,18H2,1-2H3,(H,29,30,31). The number of nitrogens with zero attached hydrogens (tertiary/aromatic N) is 1. The van der Waals surface area contributed by atoms with Gasteiger partial charge in [-0.1, -0.05) is 36.4 Å². The van der Waals surface area contributed by atoms with Gasteiger partial charge in [0.1, 0.15) is 12.4 Å². The highest BCUT2D eigenvalue weighted by Gasteiger charge is 2.08. The molecule has 0 saturated carbocycles. The van der Waals surface area contributed by atoms with Crippen molar-refractivity contribution in [1.29, 1.82) is 0 Å². The maximum absolute atomic E-state index is 12.4. The van der Waals surface area contributed by atoms with E-state index in [4.69, 9.17) is 14.2 Å². The van der Waals surface area contributed by atoms with E-state index < -0.39 is 0 Å². The molecule has 6 nitrogen and oxygen atoms in total. The van der Waals surface area contributed by atoms with Crippen molar-refractivity contribution < 1.29 is 19.0 Å². The number of aromatic nitrogens is 1. The van der Waals surface area contributed by atoms with E-state index in [9.17, 15) is 4.79 Å². The number of amides is 1. The second-order valence-electron chi connectivity index (χ2n) is 7.50. The first-order chi connectivity index (χ1) is 17.1. The fraction of sp³-hybridized carbons (Fsp3) is 0.143. The van der Waals surface area contributed by atoms with Crippen molar-refractivity contribution in [2.24, 2.45) is 0 Å². The highest BCUT2D eigenvalue weighted by Crippen LogP contribution is 2.30. The van der Waals surface area contributed by atoms with Crippen molar-refractivity contribution in [2.75, 3.05) is 19.0 Å². The summed E-state index contributed by atoms with van der Waals surface area (Å²) in [6, 6.07) is 23.2. The summed E-state index contributed by atoms with van der Waals surface area (Å²) in [5.41, 5.74) is 3.65. The molecule has 0 saturated heterocycles. The summed E-state index contributed by atoms with van der Waals surface area (Å²) in [5.74, 6) is 1.80. The molecule has 1 aromatic heterocycles. The van der Waals surface area contributed by atoms with Crippen LogP contribution >= 0.6 is 11.3 Å². The Bertz CT molecular complexity index is 1280. The molecular formula is C28H26N2O4S. The maximum Gasteiger partial charge on any atom is 0.250 e. The average molecular weight is 487 g/mol. The molecule has 0 bridgehead atoms. The van der Waals surface area contributed by atoms with Crippen LogP contribution in [-0.2, 0) is 11.4 Å². The molecule has 0 spiro atoms. The third-order valence-electron chi connectivity index (χ3n) is 5.05. The Morgan fingerprint density at radius 1 is 1.00 bits per heavy atom. The SMILES string of the molecule is CCOc1ccc(-c2csc(NC(=O)C=Cc3ccc(OCc4ccccc4)c(OC)c3)n2)cc1. The fourth-order valence-corrected chi connectivity index (χ4v) is 4.04. The van der Waals surface area contributed by atoms with E-state index in [0.717, 1.165) is 28.1 Å². The first-order valence-corrected chi connectivity index (χ1v) is 12.0. The molecule has 1 heterocycles. The lowest BCUT2D eigenvalue weighted by Gasteiger charge is -2.11. The number of hydrogen-bond donors (Lipinski definition) is 1. The lowest BCUT2D eigenvalue weighted by molar-refractivity contribution is -0.111. The summed E-state index contributed by atoms with van der Waals surface area (Å²) < 4.78 is 16.8. The predicted molar refractivity (Wildman–Crippen MR) is 140 cm³/mol. The van der Waals surface area contributed by atoms with E-state index >= 15 is 0 Å². The monoisotopic (exact) mass is 486 g/mol. The van der Waals surface area contributed by atoms with Gasteiger partial charge in [-0.3, -0.25) is 10.1 Å². The molecule has 4 rings (SSSR count).